The number of carbonyl (C=O) groups is 2. The predicted octanol–water partition coefficient (Wildman–Crippen LogP) is 6.97. The Balaban J connectivity index is 1.97. The van der Waals surface area contributed by atoms with Crippen LogP contribution in [0.5, 0.6) is 0 Å². The van der Waals surface area contributed by atoms with E-state index in [-0.39, 0.29) is 34.0 Å². The summed E-state index contributed by atoms with van der Waals surface area (Å²) in [5.74, 6) is 0.842. The molecule has 7 unspecified atom stereocenters. The topological polar surface area (TPSA) is 55.4 Å². The van der Waals surface area contributed by atoms with Crippen molar-refractivity contribution in [2.75, 3.05) is 13.2 Å². The normalized spacial score (nSPS) is 39.5. The summed E-state index contributed by atoms with van der Waals surface area (Å²) in [5.41, 5.74) is 1.43. The van der Waals surface area contributed by atoms with Gasteiger partial charge in [-0.2, -0.15) is 0 Å². The smallest absolute Gasteiger partial charge is 0.230 e. The van der Waals surface area contributed by atoms with Crippen LogP contribution >= 0.6 is 0 Å². The Morgan fingerprint density at radius 2 is 1.77 bits per heavy atom. The van der Waals surface area contributed by atoms with Crippen LogP contribution in [0, 0.1) is 45.3 Å². The number of hydrogen-bond donors (Lipinski definition) is 1. The number of fused-ring (bicyclic) bond motifs is 3. The van der Waals surface area contributed by atoms with E-state index in [0.29, 0.717) is 37.3 Å². The van der Waals surface area contributed by atoms with Gasteiger partial charge in [-0.3, -0.25) is 9.59 Å². The zero-order chi connectivity index (χ0) is 26.4. The van der Waals surface area contributed by atoms with Crippen molar-refractivity contribution in [3.8, 4) is 0 Å². The lowest BCUT2D eigenvalue weighted by atomic mass is 9.35. The molecule has 0 aromatic heterocycles. The Kier molecular flexibility index (Phi) is 8.08. The van der Waals surface area contributed by atoms with E-state index in [9.17, 15) is 9.59 Å². The molecule has 3 aliphatic rings. The lowest BCUT2D eigenvalue weighted by Gasteiger charge is -2.68. The van der Waals surface area contributed by atoms with Crippen LogP contribution in [0.2, 0.25) is 0 Å². The van der Waals surface area contributed by atoms with Gasteiger partial charge in [0, 0.05) is 12.0 Å². The molecule has 4 nitrogen and oxygen atoms in total. The van der Waals surface area contributed by atoms with Gasteiger partial charge in [-0.25, -0.2) is 0 Å². The number of hydrogen-bond acceptors (Lipinski definition) is 3. The van der Waals surface area contributed by atoms with Crippen LogP contribution in [0.15, 0.2) is 11.6 Å². The Labute approximate surface area is 215 Å². The number of rotatable bonds is 8. The van der Waals surface area contributed by atoms with Gasteiger partial charge in [-0.1, -0.05) is 67.0 Å². The molecule has 0 heterocycles. The molecule has 1 N–H and O–H groups in total. The first kappa shape index (κ1) is 28.4. The van der Waals surface area contributed by atoms with E-state index in [1.165, 1.54) is 6.42 Å². The summed E-state index contributed by atoms with van der Waals surface area (Å²) >= 11 is 0. The molecule has 200 valence electrons. The fraction of sp³-hybridized carbons (Fsp3) is 0.871. The third-order valence-electron chi connectivity index (χ3n) is 11.3. The van der Waals surface area contributed by atoms with Crippen LogP contribution in [0.1, 0.15) is 108 Å². The average molecular weight is 488 g/mol. The predicted molar refractivity (Wildman–Crippen MR) is 144 cm³/mol. The van der Waals surface area contributed by atoms with E-state index in [1.807, 2.05) is 13.8 Å². The second-order valence-corrected chi connectivity index (χ2v) is 13.5. The molecule has 0 saturated heterocycles. The highest BCUT2D eigenvalue weighted by atomic mass is 16.5. The number of ether oxygens (including phenoxy) is 1. The lowest BCUT2D eigenvalue weighted by molar-refractivity contribution is -0.186. The van der Waals surface area contributed by atoms with Crippen molar-refractivity contribution < 1.29 is 14.3 Å². The maximum atomic E-state index is 13.7. The number of nitrogens with one attached hydrogen (secondary N) is 1. The van der Waals surface area contributed by atoms with Gasteiger partial charge < -0.3 is 10.1 Å². The van der Waals surface area contributed by atoms with E-state index in [0.717, 1.165) is 25.7 Å². The van der Waals surface area contributed by atoms with E-state index >= 15 is 0 Å². The molecule has 3 aliphatic carbocycles. The van der Waals surface area contributed by atoms with E-state index < -0.39 is 11.3 Å². The standard InChI is InChI=1S/C31H53NO3/c1-11-21(5)23-13-14-25-29(8)19-22(27(34)32-17-18-35-20(3)4)26(33)28(6,7)24(29)15-16-31(25,10)30(23,9)12-2/h13,20-22,24-25H,11-12,14-19H2,1-10H3,(H,32,34). The van der Waals surface area contributed by atoms with Gasteiger partial charge in [0.25, 0.3) is 0 Å². The molecule has 0 bridgehead atoms. The van der Waals surface area contributed by atoms with Gasteiger partial charge in [0.1, 0.15) is 0 Å². The van der Waals surface area contributed by atoms with Gasteiger partial charge in [0.05, 0.1) is 18.6 Å². The number of carbonyl (C=O) groups excluding carboxylic acids is 2. The largest absolute Gasteiger partial charge is 0.377 e. The zero-order valence-electron chi connectivity index (χ0n) is 24.3. The number of allylic oxidation sites excluding steroid dienone is 2. The summed E-state index contributed by atoms with van der Waals surface area (Å²) in [4.78, 5) is 27.1. The molecule has 4 heteroatoms. The summed E-state index contributed by atoms with van der Waals surface area (Å²) in [7, 11) is 0. The fourth-order valence-corrected chi connectivity index (χ4v) is 8.91. The molecule has 0 aromatic carbocycles. The Bertz CT molecular complexity index is 844. The second kappa shape index (κ2) is 9.95. The maximum absolute atomic E-state index is 13.7. The molecule has 0 radical (unpaired) electrons. The second-order valence-electron chi connectivity index (χ2n) is 13.5. The highest BCUT2D eigenvalue weighted by molar-refractivity contribution is 6.04. The van der Waals surface area contributed by atoms with Gasteiger partial charge in [0.2, 0.25) is 5.91 Å². The Morgan fingerprint density at radius 1 is 1.11 bits per heavy atom. The summed E-state index contributed by atoms with van der Waals surface area (Å²) in [5, 5.41) is 3.03. The third-order valence-corrected chi connectivity index (χ3v) is 11.3. The zero-order valence-corrected chi connectivity index (χ0v) is 24.3. The molecule has 7 atom stereocenters. The minimum atomic E-state index is -0.569. The molecule has 3 rings (SSSR count). The van der Waals surface area contributed by atoms with Crippen molar-refractivity contribution in [3.63, 3.8) is 0 Å². The number of ketones is 1. The third kappa shape index (κ3) is 4.44. The van der Waals surface area contributed by atoms with Crippen molar-refractivity contribution in [2.45, 2.75) is 114 Å². The number of amides is 1. The Morgan fingerprint density at radius 3 is 2.34 bits per heavy atom. The summed E-state index contributed by atoms with van der Waals surface area (Å²) < 4.78 is 5.60. The quantitative estimate of drug-likeness (QED) is 0.228. The summed E-state index contributed by atoms with van der Waals surface area (Å²) in [6, 6.07) is 0. The highest BCUT2D eigenvalue weighted by Crippen LogP contribution is 2.72. The van der Waals surface area contributed by atoms with Crippen molar-refractivity contribution in [2.24, 2.45) is 45.3 Å². The molecule has 35 heavy (non-hydrogen) atoms. The molecule has 0 aliphatic heterocycles. The first-order valence-electron chi connectivity index (χ1n) is 14.3. The van der Waals surface area contributed by atoms with Crippen LogP contribution in [0.4, 0.5) is 0 Å². The van der Waals surface area contributed by atoms with Crippen molar-refractivity contribution in [1.82, 2.24) is 5.32 Å². The van der Waals surface area contributed by atoms with Gasteiger partial charge in [-0.05, 0) is 86.4 Å². The number of Topliss-reactive ketones (excluding diaryl/α,β-unsaturated/α-hetero) is 1. The van der Waals surface area contributed by atoms with Gasteiger partial charge in [-0.15, -0.1) is 0 Å². The van der Waals surface area contributed by atoms with Crippen LogP contribution in [0.3, 0.4) is 0 Å². The maximum Gasteiger partial charge on any atom is 0.230 e. The minimum absolute atomic E-state index is 0.0469. The van der Waals surface area contributed by atoms with Crippen LogP contribution in [-0.4, -0.2) is 30.9 Å². The Hall–Kier alpha value is -1.16. The molecule has 2 saturated carbocycles. The van der Waals surface area contributed by atoms with Crippen LogP contribution < -0.4 is 5.32 Å². The van der Waals surface area contributed by atoms with Gasteiger partial charge >= 0.3 is 0 Å². The van der Waals surface area contributed by atoms with E-state index in [2.05, 4.69) is 66.8 Å². The summed E-state index contributed by atoms with van der Waals surface area (Å²) in [6.07, 6.45) is 8.99. The van der Waals surface area contributed by atoms with E-state index in [4.69, 9.17) is 4.74 Å². The summed E-state index contributed by atoms with van der Waals surface area (Å²) in [6.45, 7) is 23.7. The highest BCUT2D eigenvalue weighted by Gasteiger charge is 2.67. The molecular weight excluding hydrogens is 434 g/mol. The first-order valence-corrected chi connectivity index (χ1v) is 14.3. The van der Waals surface area contributed by atoms with Crippen molar-refractivity contribution in [1.29, 1.82) is 0 Å². The van der Waals surface area contributed by atoms with Gasteiger partial charge in [0.15, 0.2) is 5.78 Å². The molecule has 0 spiro atoms. The minimum Gasteiger partial charge on any atom is -0.377 e. The van der Waals surface area contributed by atoms with Crippen LogP contribution in [0.25, 0.3) is 0 Å². The van der Waals surface area contributed by atoms with Crippen molar-refractivity contribution in [3.05, 3.63) is 11.6 Å². The first-order chi connectivity index (χ1) is 16.2. The van der Waals surface area contributed by atoms with E-state index in [1.54, 1.807) is 5.57 Å². The monoisotopic (exact) mass is 487 g/mol. The molecule has 1 amide bonds. The lowest BCUT2D eigenvalue weighted by Crippen LogP contribution is -2.65. The SMILES string of the molecule is CCC(C)C1=CCC2C3(C)CC(C(=O)NCCOC(C)C)C(=O)C(C)(C)C3CCC2(C)C1(C)CC. The van der Waals surface area contributed by atoms with Crippen LogP contribution in [-0.2, 0) is 14.3 Å². The molecule has 2 fully saturated rings. The fourth-order valence-electron chi connectivity index (χ4n) is 8.91. The molecule has 0 aromatic rings. The van der Waals surface area contributed by atoms with Crippen molar-refractivity contribution >= 4 is 11.7 Å². The average Bonchev–Trinajstić information content (AvgIpc) is 2.79. The molecular formula is C31H53NO3.